The molecular formula is C30H32Cl2FN3O4S. The zero-order valence-corrected chi connectivity index (χ0v) is 24.9. The molecule has 0 aliphatic heterocycles. The van der Waals surface area contributed by atoms with Gasteiger partial charge in [0, 0.05) is 17.6 Å². The van der Waals surface area contributed by atoms with Crippen molar-refractivity contribution in [1.82, 2.24) is 10.2 Å². The normalized spacial score (nSPS) is 14.7. The Hall–Kier alpha value is -3.14. The Morgan fingerprint density at radius 2 is 1.63 bits per heavy atom. The van der Waals surface area contributed by atoms with Crippen molar-refractivity contribution in [3.63, 3.8) is 0 Å². The van der Waals surface area contributed by atoms with Gasteiger partial charge in [0.2, 0.25) is 11.8 Å². The second-order valence-corrected chi connectivity index (χ2v) is 12.8. The molecule has 7 nitrogen and oxygen atoms in total. The molecule has 1 aliphatic carbocycles. The van der Waals surface area contributed by atoms with Crippen molar-refractivity contribution in [2.45, 2.75) is 62.6 Å². The lowest BCUT2D eigenvalue weighted by atomic mass is 9.95. The lowest BCUT2D eigenvalue weighted by molar-refractivity contribution is -0.139. The lowest BCUT2D eigenvalue weighted by Gasteiger charge is -2.33. The SMILES string of the molecule is CC(C(=O)NC1CCCCC1)N(Cc1ccc(F)cc1)C(=O)CN(c1cc(Cl)ccc1Cl)S(=O)(=O)c1ccccc1. The fraction of sp³-hybridized carbons (Fsp3) is 0.333. The van der Waals surface area contributed by atoms with Crippen LogP contribution in [-0.4, -0.2) is 43.8 Å². The van der Waals surface area contributed by atoms with Crippen LogP contribution in [0.5, 0.6) is 0 Å². The number of rotatable bonds is 10. The van der Waals surface area contributed by atoms with E-state index >= 15 is 0 Å². The van der Waals surface area contributed by atoms with Crippen LogP contribution in [0.3, 0.4) is 0 Å². The molecule has 41 heavy (non-hydrogen) atoms. The summed E-state index contributed by atoms with van der Waals surface area (Å²) in [6, 6.07) is 16.7. The largest absolute Gasteiger partial charge is 0.352 e. The molecule has 218 valence electrons. The third-order valence-electron chi connectivity index (χ3n) is 7.17. The van der Waals surface area contributed by atoms with Crippen LogP contribution in [0.1, 0.15) is 44.6 Å². The molecule has 3 aromatic carbocycles. The number of sulfonamides is 1. The maximum atomic E-state index is 14.0. The van der Waals surface area contributed by atoms with E-state index in [0.29, 0.717) is 5.56 Å². The fourth-order valence-electron chi connectivity index (χ4n) is 4.85. The van der Waals surface area contributed by atoms with E-state index in [9.17, 15) is 22.4 Å². The van der Waals surface area contributed by atoms with E-state index in [1.165, 1.54) is 59.5 Å². The lowest BCUT2D eigenvalue weighted by Crippen LogP contribution is -2.53. The first-order chi connectivity index (χ1) is 19.6. The van der Waals surface area contributed by atoms with E-state index in [2.05, 4.69) is 5.32 Å². The summed E-state index contributed by atoms with van der Waals surface area (Å²) in [6.07, 6.45) is 4.88. The number of halogens is 3. The molecule has 1 atom stereocenters. The van der Waals surface area contributed by atoms with Gasteiger partial charge in [-0.3, -0.25) is 13.9 Å². The molecule has 3 aromatic rings. The van der Waals surface area contributed by atoms with Crippen molar-refractivity contribution in [3.8, 4) is 0 Å². The first-order valence-corrected chi connectivity index (χ1v) is 15.6. The van der Waals surface area contributed by atoms with Crippen LogP contribution in [0.2, 0.25) is 10.0 Å². The van der Waals surface area contributed by atoms with Gasteiger partial charge in [0.05, 0.1) is 15.6 Å². The monoisotopic (exact) mass is 619 g/mol. The zero-order valence-electron chi connectivity index (χ0n) is 22.6. The molecule has 4 rings (SSSR count). The van der Waals surface area contributed by atoms with E-state index in [0.717, 1.165) is 36.4 Å². The van der Waals surface area contributed by atoms with Gasteiger partial charge in [0.25, 0.3) is 10.0 Å². The standard InChI is InChI=1S/C30H32Cl2FN3O4S/c1-21(30(38)34-25-8-4-2-5-9-25)35(19-22-12-15-24(33)16-13-22)29(37)20-36(28-18-23(31)14-17-27(28)32)41(39,40)26-10-6-3-7-11-26/h3,6-7,10-18,21,25H,2,4-5,8-9,19-20H2,1H3,(H,34,38). The summed E-state index contributed by atoms with van der Waals surface area (Å²) < 4.78 is 42.2. The summed E-state index contributed by atoms with van der Waals surface area (Å²) in [6.45, 7) is 0.905. The molecule has 1 saturated carbocycles. The maximum Gasteiger partial charge on any atom is 0.264 e. The molecular weight excluding hydrogens is 588 g/mol. The van der Waals surface area contributed by atoms with Gasteiger partial charge < -0.3 is 10.2 Å². The van der Waals surface area contributed by atoms with Gasteiger partial charge in [0.1, 0.15) is 18.4 Å². The van der Waals surface area contributed by atoms with Crippen LogP contribution in [-0.2, 0) is 26.2 Å². The van der Waals surface area contributed by atoms with Crippen LogP contribution in [0.15, 0.2) is 77.7 Å². The van der Waals surface area contributed by atoms with Crippen molar-refractivity contribution in [2.24, 2.45) is 0 Å². The van der Waals surface area contributed by atoms with Gasteiger partial charge in [-0.2, -0.15) is 0 Å². The van der Waals surface area contributed by atoms with Gasteiger partial charge >= 0.3 is 0 Å². The summed E-state index contributed by atoms with van der Waals surface area (Å²) >= 11 is 12.6. The molecule has 0 bridgehead atoms. The Morgan fingerprint density at radius 3 is 2.29 bits per heavy atom. The highest BCUT2D eigenvalue weighted by atomic mass is 35.5. The Kier molecular flexibility index (Phi) is 10.3. The molecule has 1 aliphatic rings. The predicted molar refractivity (Wildman–Crippen MR) is 159 cm³/mol. The highest BCUT2D eigenvalue weighted by molar-refractivity contribution is 7.92. The number of nitrogens with zero attached hydrogens (tertiary/aromatic N) is 2. The van der Waals surface area contributed by atoms with Crippen LogP contribution in [0.25, 0.3) is 0 Å². The number of hydrogen-bond acceptors (Lipinski definition) is 4. The van der Waals surface area contributed by atoms with E-state index < -0.39 is 34.3 Å². The molecule has 1 fully saturated rings. The average Bonchev–Trinajstić information content (AvgIpc) is 2.97. The highest BCUT2D eigenvalue weighted by Crippen LogP contribution is 2.33. The number of carbonyl (C=O) groups is 2. The van der Waals surface area contributed by atoms with Crippen LogP contribution in [0, 0.1) is 5.82 Å². The minimum atomic E-state index is -4.28. The number of anilines is 1. The topological polar surface area (TPSA) is 86.8 Å². The van der Waals surface area contributed by atoms with Crippen molar-refractivity contribution < 1.29 is 22.4 Å². The molecule has 0 aromatic heterocycles. The van der Waals surface area contributed by atoms with E-state index in [1.807, 2.05) is 0 Å². The number of hydrogen-bond donors (Lipinski definition) is 1. The van der Waals surface area contributed by atoms with Crippen molar-refractivity contribution in [2.75, 3.05) is 10.8 Å². The Bertz CT molecular complexity index is 1470. The third-order valence-corrected chi connectivity index (χ3v) is 9.50. The van der Waals surface area contributed by atoms with Crippen molar-refractivity contribution in [3.05, 3.63) is 94.2 Å². The molecule has 0 spiro atoms. The molecule has 1 unspecified atom stereocenters. The minimum Gasteiger partial charge on any atom is -0.352 e. The van der Waals surface area contributed by atoms with Crippen LogP contribution < -0.4 is 9.62 Å². The molecule has 11 heteroatoms. The summed E-state index contributed by atoms with van der Waals surface area (Å²) in [4.78, 5) is 28.6. The Balaban J connectivity index is 1.69. The van der Waals surface area contributed by atoms with E-state index in [1.54, 1.807) is 25.1 Å². The molecule has 1 N–H and O–H groups in total. The van der Waals surface area contributed by atoms with Gasteiger partial charge in [-0.05, 0) is 67.8 Å². The van der Waals surface area contributed by atoms with Gasteiger partial charge in [-0.25, -0.2) is 12.8 Å². The second-order valence-electron chi connectivity index (χ2n) is 10.1. The zero-order chi connectivity index (χ0) is 29.6. The predicted octanol–water partition coefficient (Wildman–Crippen LogP) is 6.19. The third kappa shape index (κ3) is 7.78. The highest BCUT2D eigenvalue weighted by Gasteiger charge is 2.34. The molecule has 2 amide bonds. The fourth-order valence-corrected chi connectivity index (χ4v) is 6.73. The van der Waals surface area contributed by atoms with Crippen molar-refractivity contribution in [1.29, 1.82) is 0 Å². The van der Waals surface area contributed by atoms with Gasteiger partial charge in [-0.1, -0.05) is 72.8 Å². The molecule has 0 heterocycles. The Labute approximate surface area is 250 Å². The number of benzene rings is 3. The quantitative estimate of drug-likeness (QED) is 0.293. The number of carbonyl (C=O) groups excluding carboxylic acids is 2. The second kappa shape index (κ2) is 13.7. The maximum absolute atomic E-state index is 14.0. The van der Waals surface area contributed by atoms with E-state index in [-0.39, 0.29) is 39.1 Å². The van der Waals surface area contributed by atoms with Crippen molar-refractivity contribution >= 4 is 50.7 Å². The summed E-state index contributed by atoms with van der Waals surface area (Å²) in [5, 5.41) is 3.35. The molecule has 0 saturated heterocycles. The van der Waals surface area contributed by atoms with Gasteiger partial charge in [-0.15, -0.1) is 0 Å². The first-order valence-electron chi connectivity index (χ1n) is 13.4. The summed E-state index contributed by atoms with van der Waals surface area (Å²) in [5.74, 6) is -1.42. The average molecular weight is 621 g/mol. The Morgan fingerprint density at radius 1 is 0.976 bits per heavy atom. The summed E-state index contributed by atoms with van der Waals surface area (Å²) in [5.41, 5.74) is 0.604. The van der Waals surface area contributed by atoms with Crippen LogP contribution in [0.4, 0.5) is 10.1 Å². The van der Waals surface area contributed by atoms with Gasteiger partial charge in [0.15, 0.2) is 0 Å². The number of amides is 2. The van der Waals surface area contributed by atoms with Crippen LogP contribution >= 0.6 is 23.2 Å². The molecule has 0 radical (unpaired) electrons. The van der Waals surface area contributed by atoms with E-state index in [4.69, 9.17) is 23.2 Å². The smallest absolute Gasteiger partial charge is 0.264 e. The first kappa shape index (κ1) is 30.8. The minimum absolute atomic E-state index is 0.0155. The number of nitrogens with one attached hydrogen (secondary N) is 1. The summed E-state index contributed by atoms with van der Waals surface area (Å²) in [7, 11) is -4.28.